The third-order valence-electron chi connectivity index (χ3n) is 3.38. The van der Waals surface area contributed by atoms with Crippen LogP contribution in [0.1, 0.15) is 31.4 Å². The summed E-state index contributed by atoms with van der Waals surface area (Å²) >= 11 is 0. The van der Waals surface area contributed by atoms with Crippen molar-refractivity contribution in [2.75, 3.05) is 18.4 Å². The first-order valence-electron chi connectivity index (χ1n) is 6.03. The van der Waals surface area contributed by atoms with Crippen LogP contribution in [-0.2, 0) is 0 Å². The average molecular weight is 215 g/mol. The lowest BCUT2D eigenvalue weighted by Gasteiger charge is -2.28. The normalized spacial score (nSPS) is 23.7. The predicted octanol–water partition coefficient (Wildman–Crippen LogP) is 2.62. The lowest BCUT2D eigenvalue weighted by molar-refractivity contribution is 0.509. The molecule has 0 spiro atoms. The molecule has 3 rings (SSSR count). The molecule has 0 radical (unpaired) electrons. The largest absolute Gasteiger partial charge is 0.343 e. The van der Waals surface area contributed by atoms with Crippen LogP contribution in [0.3, 0.4) is 0 Å². The van der Waals surface area contributed by atoms with Gasteiger partial charge in [0.15, 0.2) is 5.96 Å². The molecule has 1 aromatic carbocycles. The SMILES string of the molecule is C[C@H]1N=C(N2CCCC2)Nc2ccccc21. The summed E-state index contributed by atoms with van der Waals surface area (Å²) in [6, 6.07) is 8.71. The van der Waals surface area contributed by atoms with Gasteiger partial charge in [0.1, 0.15) is 0 Å². The second-order valence-electron chi connectivity index (χ2n) is 4.54. The average Bonchev–Trinajstić information content (AvgIpc) is 2.82. The Kier molecular flexibility index (Phi) is 2.31. The molecule has 0 amide bonds. The fraction of sp³-hybridized carbons (Fsp3) is 0.462. The number of anilines is 1. The Bertz CT molecular complexity index is 419. The number of nitrogens with one attached hydrogen (secondary N) is 1. The summed E-state index contributed by atoms with van der Waals surface area (Å²) in [6.07, 6.45) is 2.58. The zero-order chi connectivity index (χ0) is 11.0. The zero-order valence-corrected chi connectivity index (χ0v) is 9.61. The van der Waals surface area contributed by atoms with Crippen LogP contribution in [0, 0.1) is 0 Å². The second-order valence-corrected chi connectivity index (χ2v) is 4.54. The highest BCUT2D eigenvalue weighted by molar-refractivity contribution is 5.96. The van der Waals surface area contributed by atoms with Crippen LogP contribution >= 0.6 is 0 Å². The molecule has 1 atom stereocenters. The molecule has 0 saturated carbocycles. The maximum absolute atomic E-state index is 4.74. The molecule has 1 aromatic rings. The number of rotatable bonds is 0. The highest BCUT2D eigenvalue weighted by Crippen LogP contribution is 2.30. The molecule has 2 aliphatic rings. The molecular formula is C13H17N3. The Morgan fingerprint density at radius 1 is 1.25 bits per heavy atom. The number of benzene rings is 1. The Hall–Kier alpha value is -1.51. The molecule has 16 heavy (non-hydrogen) atoms. The number of para-hydroxylation sites is 1. The van der Waals surface area contributed by atoms with E-state index in [0.29, 0.717) is 0 Å². The quantitative estimate of drug-likeness (QED) is 0.720. The van der Waals surface area contributed by atoms with E-state index in [2.05, 4.69) is 41.4 Å². The van der Waals surface area contributed by atoms with Crippen molar-refractivity contribution in [1.29, 1.82) is 0 Å². The van der Waals surface area contributed by atoms with Crippen molar-refractivity contribution in [2.45, 2.75) is 25.8 Å². The third-order valence-corrected chi connectivity index (χ3v) is 3.38. The second kappa shape index (κ2) is 3.81. The van der Waals surface area contributed by atoms with Crippen LogP contribution in [-0.4, -0.2) is 23.9 Å². The minimum absolute atomic E-state index is 0.271. The first kappa shape index (κ1) is 9.70. The van der Waals surface area contributed by atoms with E-state index in [-0.39, 0.29) is 6.04 Å². The Balaban J connectivity index is 1.90. The van der Waals surface area contributed by atoms with E-state index in [1.54, 1.807) is 0 Å². The van der Waals surface area contributed by atoms with Crippen LogP contribution in [0.5, 0.6) is 0 Å². The van der Waals surface area contributed by atoms with Crippen LogP contribution in [0.4, 0.5) is 5.69 Å². The predicted molar refractivity (Wildman–Crippen MR) is 66.7 cm³/mol. The number of aliphatic imine (C=N–C) groups is 1. The fourth-order valence-electron chi connectivity index (χ4n) is 2.47. The number of likely N-dealkylation sites (tertiary alicyclic amines) is 1. The monoisotopic (exact) mass is 215 g/mol. The van der Waals surface area contributed by atoms with E-state index in [9.17, 15) is 0 Å². The van der Waals surface area contributed by atoms with Gasteiger partial charge in [0.25, 0.3) is 0 Å². The van der Waals surface area contributed by atoms with Crippen molar-refractivity contribution in [2.24, 2.45) is 4.99 Å². The molecule has 1 fully saturated rings. The van der Waals surface area contributed by atoms with Gasteiger partial charge in [0.2, 0.25) is 0 Å². The minimum Gasteiger partial charge on any atom is -0.343 e. The number of fused-ring (bicyclic) bond motifs is 1. The van der Waals surface area contributed by atoms with E-state index in [0.717, 1.165) is 19.0 Å². The Morgan fingerprint density at radius 3 is 2.81 bits per heavy atom. The van der Waals surface area contributed by atoms with Crippen molar-refractivity contribution < 1.29 is 0 Å². The van der Waals surface area contributed by atoms with Gasteiger partial charge in [-0.1, -0.05) is 18.2 Å². The molecule has 84 valence electrons. The van der Waals surface area contributed by atoms with Gasteiger partial charge < -0.3 is 10.2 Å². The van der Waals surface area contributed by atoms with Crippen LogP contribution in [0.15, 0.2) is 29.3 Å². The number of guanidine groups is 1. The summed E-state index contributed by atoms with van der Waals surface area (Å²) in [7, 11) is 0. The van der Waals surface area contributed by atoms with Crippen molar-refractivity contribution in [1.82, 2.24) is 4.90 Å². The molecule has 0 bridgehead atoms. The molecule has 2 aliphatic heterocycles. The first-order chi connectivity index (χ1) is 7.84. The lowest BCUT2D eigenvalue weighted by Crippen LogP contribution is -2.36. The number of hydrogen-bond acceptors (Lipinski definition) is 3. The summed E-state index contributed by atoms with van der Waals surface area (Å²) in [5, 5.41) is 3.45. The van der Waals surface area contributed by atoms with Crippen LogP contribution < -0.4 is 5.32 Å². The van der Waals surface area contributed by atoms with Crippen molar-refractivity contribution in [3.05, 3.63) is 29.8 Å². The number of hydrogen-bond donors (Lipinski definition) is 1. The molecule has 0 unspecified atom stereocenters. The van der Waals surface area contributed by atoms with Gasteiger partial charge in [-0.3, -0.25) is 0 Å². The highest BCUT2D eigenvalue weighted by atomic mass is 15.3. The zero-order valence-electron chi connectivity index (χ0n) is 9.61. The number of nitrogens with zero attached hydrogens (tertiary/aromatic N) is 2. The molecule has 0 aliphatic carbocycles. The van der Waals surface area contributed by atoms with Gasteiger partial charge in [-0.25, -0.2) is 4.99 Å². The van der Waals surface area contributed by atoms with E-state index in [1.807, 2.05) is 0 Å². The molecule has 2 heterocycles. The van der Waals surface area contributed by atoms with Crippen LogP contribution in [0.2, 0.25) is 0 Å². The molecule has 1 saturated heterocycles. The van der Waals surface area contributed by atoms with Gasteiger partial charge in [-0.05, 0) is 31.4 Å². The maximum Gasteiger partial charge on any atom is 0.199 e. The summed E-state index contributed by atoms with van der Waals surface area (Å²) in [5.41, 5.74) is 2.51. The highest BCUT2D eigenvalue weighted by Gasteiger charge is 2.22. The van der Waals surface area contributed by atoms with Gasteiger partial charge in [0.05, 0.1) is 6.04 Å². The molecule has 0 aromatic heterocycles. The van der Waals surface area contributed by atoms with E-state index < -0.39 is 0 Å². The Morgan fingerprint density at radius 2 is 2.00 bits per heavy atom. The minimum atomic E-state index is 0.271. The summed E-state index contributed by atoms with van der Waals surface area (Å²) in [6.45, 7) is 4.44. The van der Waals surface area contributed by atoms with Crippen molar-refractivity contribution in [3.63, 3.8) is 0 Å². The van der Waals surface area contributed by atoms with E-state index in [4.69, 9.17) is 4.99 Å². The third kappa shape index (κ3) is 1.56. The van der Waals surface area contributed by atoms with Gasteiger partial charge >= 0.3 is 0 Å². The van der Waals surface area contributed by atoms with Crippen molar-refractivity contribution in [3.8, 4) is 0 Å². The molecule has 3 heteroatoms. The van der Waals surface area contributed by atoms with E-state index in [1.165, 1.54) is 24.1 Å². The lowest BCUT2D eigenvalue weighted by atomic mass is 10.1. The fourth-order valence-corrected chi connectivity index (χ4v) is 2.47. The van der Waals surface area contributed by atoms with Crippen LogP contribution in [0.25, 0.3) is 0 Å². The summed E-state index contributed by atoms with van der Waals surface area (Å²) < 4.78 is 0. The van der Waals surface area contributed by atoms with Crippen molar-refractivity contribution >= 4 is 11.6 Å². The van der Waals surface area contributed by atoms with Gasteiger partial charge in [-0.2, -0.15) is 0 Å². The smallest absolute Gasteiger partial charge is 0.199 e. The standard InChI is InChI=1S/C13H17N3/c1-10-11-6-2-3-7-12(11)15-13(14-10)16-8-4-5-9-16/h2-3,6-7,10H,4-5,8-9H2,1H3,(H,14,15)/t10-/m1/s1. The topological polar surface area (TPSA) is 27.6 Å². The van der Waals surface area contributed by atoms with Gasteiger partial charge in [0, 0.05) is 18.8 Å². The Labute approximate surface area is 96.2 Å². The first-order valence-corrected chi connectivity index (χ1v) is 6.03. The van der Waals surface area contributed by atoms with E-state index >= 15 is 0 Å². The molecular weight excluding hydrogens is 198 g/mol. The summed E-state index contributed by atoms with van der Waals surface area (Å²) in [4.78, 5) is 7.09. The molecule has 3 nitrogen and oxygen atoms in total. The molecule has 1 N–H and O–H groups in total. The van der Waals surface area contributed by atoms with Gasteiger partial charge in [-0.15, -0.1) is 0 Å². The maximum atomic E-state index is 4.74. The summed E-state index contributed by atoms with van der Waals surface area (Å²) in [5.74, 6) is 1.06.